The Morgan fingerprint density at radius 3 is 2.39 bits per heavy atom. The molecule has 4 aromatic rings. The molecule has 33 heavy (non-hydrogen) atoms. The van der Waals surface area contributed by atoms with Gasteiger partial charge in [-0.15, -0.1) is 10.2 Å². The standard InChI is InChI=1S/C24H19F3N4OS/c1-15(16-11-12-20(26)21(27)13-16)28-22(32)14-33-24-30-29-23(18-9-5-6-10-19(18)25)31(24)17-7-3-2-4-8-17/h2-13,15H,14H2,1H3,(H,28,32). The number of para-hydroxylation sites is 1. The van der Waals surface area contributed by atoms with Gasteiger partial charge < -0.3 is 5.32 Å². The Kier molecular flexibility index (Phi) is 6.79. The van der Waals surface area contributed by atoms with Crippen molar-refractivity contribution in [3.8, 4) is 17.1 Å². The van der Waals surface area contributed by atoms with E-state index in [1.165, 1.54) is 12.1 Å². The first-order valence-electron chi connectivity index (χ1n) is 10.1. The number of nitrogens with zero attached hydrogens (tertiary/aromatic N) is 3. The Morgan fingerprint density at radius 2 is 1.67 bits per heavy atom. The molecular formula is C24H19F3N4OS. The highest BCUT2D eigenvalue weighted by atomic mass is 32.2. The van der Waals surface area contributed by atoms with Gasteiger partial charge in [0.15, 0.2) is 22.6 Å². The van der Waals surface area contributed by atoms with Crippen LogP contribution in [0.2, 0.25) is 0 Å². The molecule has 0 fully saturated rings. The summed E-state index contributed by atoms with van der Waals surface area (Å²) in [4.78, 5) is 12.5. The first-order chi connectivity index (χ1) is 15.9. The molecule has 0 aliphatic heterocycles. The van der Waals surface area contributed by atoms with Crippen LogP contribution in [0.25, 0.3) is 17.1 Å². The van der Waals surface area contributed by atoms with Crippen molar-refractivity contribution < 1.29 is 18.0 Å². The van der Waals surface area contributed by atoms with E-state index in [2.05, 4.69) is 15.5 Å². The third-order valence-corrected chi connectivity index (χ3v) is 5.84. The average molecular weight is 469 g/mol. The van der Waals surface area contributed by atoms with Crippen molar-refractivity contribution in [1.82, 2.24) is 20.1 Å². The third-order valence-electron chi connectivity index (χ3n) is 4.92. The summed E-state index contributed by atoms with van der Waals surface area (Å²) in [6.07, 6.45) is 0. The fraction of sp³-hybridized carbons (Fsp3) is 0.125. The highest BCUT2D eigenvalue weighted by Crippen LogP contribution is 2.29. The number of amides is 1. The molecule has 5 nitrogen and oxygen atoms in total. The molecular weight excluding hydrogens is 449 g/mol. The quantitative estimate of drug-likeness (QED) is 0.373. The number of carbonyl (C=O) groups excluding carboxylic acids is 1. The molecule has 0 aliphatic rings. The first kappa shape index (κ1) is 22.6. The van der Waals surface area contributed by atoms with E-state index < -0.39 is 23.5 Å². The van der Waals surface area contributed by atoms with Gasteiger partial charge in [0.1, 0.15) is 5.82 Å². The van der Waals surface area contributed by atoms with Gasteiger partial charge in [-0.3, -0.25) is 9.36 Å². The van der Waals surface area contributed by atoms with Crippen LogP contribution in [-0.4, -0.2) is 26.4 Å². The molecule has 9 heteroatoms. The maximum Gasteiger partial charge on any atom is 0.230 e. The molecule has 0 aliphatic carbocycles. The summed E-state index contributed by atoms with van der Waals surface area (Å²) in [5.41, 5.74) is 1.46. The van der Waals surface area contributed by atoms with Crippen LogP contribution in [0.3, 0.4) is 0 Å². The Hall–Kier alpha value is -3.59. The van der Waals surface area contributed by atoms with E-state index in [1.807, 2.05) is 30.3 Å². The van der Waals surface area contributed by atoms with E-state index in [9.17, 15) is 18.0 Å². The minimum absolute atomic E-state index is 0.00371. The largest absolute Gasteiger partial charge is 0.349 e. The number of thioether (sulfide) groups is 1. The van der Waals surface area contributed by atoms with Crippen molar-refractivity contribution in [2.75, 3.05) is 5.75 Å². The van der Waals surface area contributed by atoms with E-state index in [0.717, 1.165) is 29.6 Å². The predicted molar refractivity (Wildman–Crippen MR) is 120 cm³/mol. The van der Waals surface area contributed by atoms with Gasteiger partial charge in [-0.25, -0.2) is 13.2 Å². The van der Waals surface area contributed by atoms with Gasteiger partial charge in [-0.05, 0) is 48.9 Å². The third kappa shape index (κ3) is 5.09. The lowest BCUT2D eigenvalue weighted by molar-refractivity contribution is -0.119. The molecule has 1 aromatic heterocycles. The fourth-order valence-electron chi connectivity index (χ4n) is 3.27. The van der Waals surface area contributed by atoms with Gasteiger partial charge in [0, 0.05) is 5.69 Å². The Morgan fingerprint density at radius 1 is 0.939 bits per heavy atom. The summed E-state index contributed by atoms with van der Waals surface area (Å²) >= 11 is 1.13. The Bertz CT molecular complexity index is 1280. The molecule has 1 unspecified atom stereocenters. The summed E-state index contributed by atoms with van der Waals surface area (Å²) < 4.78 is 42.8. The maximum absolute atomic E-state index is 14.5. The van der Waals surface area contributed by atoms with Crippen LogP contribution in [0.15, 0.2) is 78.0 Å². The molecule has 1 N–H and O–H groups in total. The highest BCUT2D eigenvalue weighted by Gasteiger charge is 2.20. The first-order valence-corrected chi connectivity index (χ1v) is 11.1. The summed E-state index contributed by atoms with van der Waals surface area (Å²) in [5.74, 6) is -2.37. The van der Waals surface area contributed by atoms with Crippen molar-refractivity contribution in [2.45, 2.75) is 18.1 Å². The molecule has 0 spiro atoms. The molecule has 0 saturated carbocycles. The molecule has 0 saturated heterocycles. The normalized spacial score (nSPS) is 11.9. The van der Waals surface area contributed by atoms with Crippen LogP contribution >= 0.6 is 11.8 Å². The zero-order valence-corrected chi connectivity index (χ0v) is 18.3. The summed E-state index contributed by atoms with van der Waals surface area (Å²) in [6, 6.07) is 18.5. The van der Waals surface area contributed by atoms with E-state index in [0.29, 0.717) is 16.5 Å². The van der Waals surface area contributed by atoms with Gasteiger partial charge >= 0.3 is 0 Å². The predicted octanol–water partition coefficient (Wildman–Crippen LogP) is 5.32. The van der Waals surface area contributed by atoms with Gasteiger partial charge in [0.05, 0.1) is 17.4 Å². The van der Waals surface area contributed by atoms with Crippen molar-refractivity contribution in [1.29, 1.82) is 0 Å². The summed E-state index contributed by atoms with van der Waals surface area (Å²) in [6.45, 7) is 1.68. The number of carbonyl (C=O) groups is 1. The van der Waals surface area contributed by atoms with Gasteiger partial charge in [0.2, 0.25) is 5.91 Å². The molecule has 4 rings (SSSR count). The van der Waals surface area contributed by atoms with Gasteiger partial charge in [-0.2, -0.15) is 0 Å². The highest BCUT2D eigenvalue weighted by molar-refractivity contribution is 7.99. The lowest BCUT2D eigenvalue weighted by atomic mass is 10.1. The Labute approximate surface area is 192 Å². The van der Waals surface area contributed by atoms with Crippen molar-refractivity contribution in [3.63, 3.8) is 0 Å². The number of hydrogen-bond donors (Lipinski definition) is 1. The molecule has 3 aromatic carbocycles. The second-order valence-electron chi connectivity index (χ2n) is 7.21. The minimum atomic E-state index is -0.973. The Balaban J connectivity index is 1.54. The van der Waals surface area contributed by atoms with Crippen LogP contribution in [0.1, 0.15) is 18.5 Å². The van der Waals surface area contributed by atoms with E-state index in [1.54, 1.807) is 29.7 Å². The lowest BCUT2D eigenvalue weighted by Crippen LogP contribution is -2.28. The number of benzene rings is 3. The fourth-order valence-corrected chi connectivity index (χ4v) is 4.03. The zero-order chi connectivity index (χ0) is 23.4. The SMILES string of the molecule is CC(NC(=O)CSc1nnc(-c2ccccc2F)n1-c1ccccc1)c1ccc(F)c(F)c1. The average Bonchev–Trinajstić information content (AvgIpc) is 3.24. The smallest absolute Gasteiger partial charge is 0.230 e. The molecule has 1 atom stereocenters. The van der Waals surface area contributed by atoms with Crippen LogP contribution < -0.4 is 5.32 Å². The molecule has 0 bridgehead atoms. The van der Waals surface area contributed by atoms with Gasteiger partial charge in [-0.1, -0.05) is 48.2 Å². The molecule has 1 heterocycles. The number of nitrogens with one attached hydrogen (secondary N) is 1. The van der Waals surface area contributed by atoms with Crippen LogP contribution in [-0.2, 0) is 4.79 Å². The number of hydrogen-bond acceptors (Lipinski definition) is 4. The van der Waals surface area contributed by atoms with Crippen molar-refractivity contribution in [2.24, 2.45) is 0 Å². The van der Waals surface area contributed by atoms with Gasteiger partial charge in [0.25, 0.3) is 0 Å². The molecule has 0 radical (unpaired) electrons. The topological polar surface area (TPSA) is 59.8 Å². The number of halogens is 3. The van der Waals surface area contributed by atoms with Crippen molar-refractivity contribution in [3.05, 3.63) is 95.8 Å². The second-order valence-corrected chi connectivity index (χ2v) is 8.15. The van der Waals surface area contributed by atoms with E-state index in [-0.39, 0.29) is 17.2 Å². The summed E-state index contributed by atoms with van der Waals surface area (Å²) in [5, 5.41) is 11.5. The molecule has 1 amide bonds. The minimum Gasteiger partial charge on any atom is -0.349 e. The zero-order valence-electron chi connectivity index (χ0n) is 17.5. The van der Waals surface area contributed by atoms with Crippen LogP contribution in [0, 0.1) is 17.5 Å². The number of rotatable bonds is 7. The maximum atomic E-state index is 14.5. The monoisotopic (exact) mass is 468 g/mol. The van der Waals surface area contributed by atoms with Crippen molar-refractivity contribution >= 4 is 17.7 Å². The summed E-state index contributed by atoms with van der Waals surface area (Å²) in [7, 11) is 0. The van der Waals surface area contributed by atoms with E-state index >= 15 is 0 Å². The number of aromatic nitrogens is 3. The molecule has 168 valence electrons. The van der Waals surface area contributed by atoms with Crippen LogP contribution in [0.5, 0.6) is 0 Å². The lowest BCUT2D eigenvalue weighted by Gasteiger charge is -2.15. The van der Waals surface area contributed by atoms with Crippen LogP contribution in [0.4, 0.5) is 13.2 Å². The second kappa shape index (κ2) is 9.91. The van der Waals surface area contributed by atoms with E-state index in [4.69, 9.17) is 0 Å².